The molecule has 0 aliphatic heterocycles. The van der Waals surface area contributed by atoms with Crippen molar-refractivity contribution in [3.63, 3.8) is 0 Å². The van der Waals surface area contributed by atoms with Gasteiger partial charge in [0.2, 0.25) is 5.91 Å². The summed E-state index contributed by atoms with van der Waals surface area (Å²) in [6.45, 7) is 0.264. The van der Waals surface area contributed by atoms with E-state index in [2.05, 4.69) is 15.4 Å². The van der Waals surface area contributed by atoms with E-state index in [4.69, 9.17) is 4.42 Å². The third-order valence-electron chi connectivity index (χ3n) is 3.09. The second-order valence-corrected chi connectivity index (χ2v) is 4.68. The van der Waals surface area contributed by atoms with Crippen LogP contribution in [0.4, 0.5) is 4.79 Å². The first kappa shape index (κ1) is 15.6. The highest BCUT2D eigenvalue weighted by Crippen LogP contribution is 2.05. The first-order valence-corrected chi connectivity index (χ1v) is 6.87. The molecule has 2 aromatic rings. The number of hydrogen-bond donors (Lipinski definition) is 2. The van der Waals surface area contributed by atoms with Crippen molar-refractivity contribution in [1.29, 1.82) is 0 Å². The van der Waals surface area contributed by atoms with Gasteiger partial charge >= 0.3 is 6.09 Å². The summed E-state index contributed by atoms with van der Waals surface area (Å²) in [5.74, 6) is 0.343. The minimum absolute atomic E-state index is 0.264. The summed E-state index contributed by atoms with van der Waals surface area (Å²) in [6, 6.07) is 12.2. The molecule has 0 spiro atoms. The molecule has 0 fully saturated rings. The summed E-state index contributed by atoms with van der Waals surface area (Å²) in [6.07, 6.45) is 1.27. The van der Waals surface area contributed by atoms with E-state index in [9.17, 15) is 9.59 Å². The number of furan rings is 1. The number of alkyl carbamates (subject to hydrolysis) is 1. The van der Waals surface area contributed by atoms with Gasteiger partial charge in [0.1, 0.15) is 11.8 Å². The summed E-state index contributed by atoms with van der Waals surface area (Å²) in [5, 5.41) is 5.27. The molecule has 1 aromatic heterocycles. The fourth-order valence-electron chi connectivity index (χ4n) is 1.97. The molecule has 6 heteroatoms. The van der Waals surface area contributed by atoms with Crippen molar-refractivity contribution < 1.29 is 18.7 Å². The van der Waals surface area contributed by atoms with Crippen LogP contribution >= 0.6 is 0 Å². The van der Waals surface area contributed by atoms with E-state index in [0.717, 1.165) is 5.56 Å². The van der Waals surface area contributed by atoms with Crippen LogP contribution in [-0.4, -0.2) is 25.2 Å². The fourth-order valence-corrected chi connectivity index (χ4v) is 1.97. The quantitative estimate of drug-likeness (QED) is 0.853. The summed E-state index contributed by atoms with van der Waals surface area (Å²) >= 11 is 0. The van der Waals surface area contributed by atoms with Crippen molar-refractivity contribution in [3.05, 3.63) is 60.1 Å². The lowest BCUT2D eigenvalue weighted by Crippen LogP contribution is -2.47. The molecule has 2 N–H and O–H groups in total. The van der Waals surface area contributed by atoms with Crippen molar-refractivity contribution in [2.45, 2.75) is 19.0 Å². The Morgan fingerprint density at radius 1 is 1.18 bits per heavy atom. The second kappa shape index (κ2) is 7.87. The van der Waals surface area contributed by atoms with Gasteiger partial charge in [-0.1, -0.05) is 30.3 Å². The van der Waals surface area contributed by atoms with E-state index < -0.39 is 12.1 Å². The predicted octanol–water partition coefficient (Wildman–Crippen LogP) is 1.86. The number of amides is 2. The number of rotatable bonds is 6. The summed E-state index contributed by atoms with van der Waals surface area (Å²) in [7, 11) is 1.26. The average Bonchev–Trinajstić information content (AvgIpc) is 3.06. The van der Waals surface area contributed by atoms with Crippen LogP contribution in [0, 0.1) is 0 Å². The SMILES string of the molecule is COC(=O)N[C@@H](Cc1ccccc1)C(=O)NCc1ccco1. The smallest absolute Gasteiger partial charge is 0.407 e. The van der Waals surface area contributed by atoms with Crippen molar-refractivity contribution in [2.75, 3.05) is 7.11 Å². The maximum Gasteiger partial charge on any atom is 0.407 e. The lowest BCUT2D eigenvalue weighted by atomic mass is 10.1. The van der Waals surface area contributed by atoms with Gasteiger partial charge in [-0.15, -0.1) is 0 Å². The van der Waals surface area contributed by atoms with Gasteiger partial charge in [-0.3, -0.25) is 4.79 Å². The van der Waals surface area contributed by atoms with Gasteiger partial charge in [0.25, 0.3) is 0 Å². The van der Waals surface area contributed by atoms with Crippen LogP contribution in [0.25, 0.3) is 0 Å². The minimum atomic E-state index is -0.718. The molecule has 2 amide bonds. The molecule has 2 rings (SSSR count). The van der Waals surface area contributed by atoms with Crippen LogP contribution in [0.1, 0.15) is 11.3 Å². The zero-order chi connectivity index (χ0) is 15.8. The van der Waals surface area contributed by atoms with Gasteiger partial charge in [-0.2, -0.15) is 0 Å². The van der Waals surface area contributed by atoms with Gasteiger partial charge < -0.3 is 19.8 Å². The number of nitrogens with one attached hydrogen (secondary N) is 2. The Morgan fingerprint density at radius 2 is 1.95 bits per heavy atom. The Balaban J connectivity index is 1.99. The zero-order valence-electron chi connectivity index (χ0n) is 12.2. The van der Waals surface area contributed by atoms with Gasteiger partial charge in [0.05, 0.1) is 19.9 Å². The van der Waals surface area contributed by atoms with Crippen molar-refractivity contribution >= 4 is 12.0 Å². The Morgan fingerprint density at radius 3 is 2.59 bits per heavy atom. The highest BCUT2D eigenvalue weighted by molar-refractivity contribution is 5.85. The van der Waals surface area contributed by atoms with Gasteiger partial charge in [-0.05, 0) is 17.7 Å². The van der Waals surface area contributed by atoms with Gasteiger partial charge in [-0.25, -0.2) is 4.79 Å². The highest BCUT2D eigenvalue weighted by Gasteiger charge is 2.21. The molecular weight excluding hydrogens is 284 g/mol. The largest absolute Gasteiger partial charge is 0.467 e. The number of hydrogen-bond acceptors (Lipinski definition) is 4. The van der Waals surface area contributed by atoms with E-state index in [1.54, 1.807) is 12.1 Å². The van der Waals surface area contributed by atoms with Crippen molar-refractivity contribution in [3.8, 4) is 0 Å². The van der Waals surface area contributed by atoms with Crippen molar-refractivity contribution in [1.82, 2.24) is 10.6 Å². The zero-order valence-corrected chi connectivity index (χ0v) is 12.2. The lowest BCUT2D eigenvalue weighted by molar-refractivity contribution is -0.123. The number of benzene rings is 1. The number of carbonyl (C=O) groups is 2. The number of ether oxygens (including phenoxy) is 1. The minimum Gasteiger partial charge on any atom is -0.467 e. The van der Waals surface area contributed by atoms with E-state index in [0.29, 0.717) is 12.2 Å². The van der Waals surface area contributed by atoms with E-state index >= 15 is 0 Å². The normalized spacial score (nSPS) is 11.5. The van der Waals surface area contributed by atoms with Gasteiger partial charge in [0, 0.05) is 6.42 Å². The van der Waals surface area contributed by atoms with Gasteiger partial charge in [0.15, 0.2) is 0 Å². The predicted molar refractivity (Wildman–Crippen MR) is 80.0 cm³/mol. The maximum atomic E-state index is 12.3. The molecule has 0 saturated heterocycles. The van der Waals surface area contributed by atoms with E-state index in [1.165, 1.54) is 13.4 Å². The van der Waals surface area contributed by atoms with Crippen LogP contribution < -0.4 is 10.6 Å². The molecule has 0 aliphatic rings. The molecule has 1 aromatic carbocycles. The van der Waals surface area contributed by atoms with E-state index in [-0.39, 0.29) is 12.5 Å². The molecule has 0 aliphatic carbocycles. The molecule has 0 bridgehead atoms. The molecule has 6 nitrogen and oxygen atoms in total. The summed E-state index contributed by atoms with van der Waals surface area (Å²) in [4.78, 5) is 23.7. The summed E-state index contributed by atoms with van der Waals surface area (Å²) in [5.41, 5.74) is 0.942. The molecule has 116 valence electrons. The first-order valence-electron chi connectivity index (χ1n) is 6.87. The Labute approximate surface area is 128 Å². The third kappa shape index (κ3) is 4.66. The topological polar surface area (TPSA) is 80.6 Å². The van der Waals surface area contributed by atoms with Crippen LogP contribution in [0.5, 0.6) is 0 Å². The maximum absolute atomic E-state index is 12.3. The average molecular weight is 302 g/mol. The molecular formula is C16H18N2O4. The van der Waals surface area contributed by atoms with E-state index in [1.807, 2.05) is 30.3 Å². The molecule has 22 heavy (non-hydrogen) atoms. The monoisotopic (exact) mass is 302 g/mol. The second-order valence-electron chi connectivity index (χ2n) is 4.68. The van der Waals surface area contributed by atoms with Crippen LogP contribution in [0.15, 0.2) is 53.1 Å². The first-order chi connectivity index (χ1) is 10.7. The molecule has 0 unspecified atom stereocenters. The Bertz CT molecular complexity index is 596. The molecule has 1 atom stereocenters. The summed E-state index contributed by atoms with van der Waals surface area (Å²) < 4.78 is 9.73. The number of methoxy groups -OCH3 is 1. The lowest BCUT2D eigenvalue weighted by Gasteiger charge is -2.17. The number of carbonyl (C=O) groups excluding carboxylic acids is 2. The van der Waals surface area contributed by atoms with Crippen LogP contribution in [0.3, 0.4) is 0 Å². The highest BCUT2D eigenvalue weighted by atomic mass is 16.5. The molecule has 0 saturated carbocycles. The third-order valence-corrected chi connectivity index (χ3v) is 3.09. The Kier molecular flexibility index (Phi) is 5.59. The Hall–Kier alpha value is -2.76. The fraction of sp³-hybridized carbons (Fsp3) is 0.250. The van der Waals surface area contributed by atoms with Crippen LogP contribution in [-0.2, 0) is 22.5 Å². The standard InChI is InChI=1S/C16H18N2O4/c1-21-16(20)18-14(10-12-6-3-2-4-7-12)15(19)17-11-13-8-5-9-22-13/h2-9,14H,10-11H2,1H3,(H,17,19)(H,18,20)/t14-/m0/s1. The molecule has 0 radical (unpaired) electrons. The van der Waals surface area contributed by atoms with Crippen molar-refractivity contribution in [2.24, 2.45) is 0 Å². The molecule has 1 heterocycles. The van der Waals surface area contributed by atoms with Crippen LogP contribution in [0.2, 0.25) is 0 Å².